The monoisotopic (exact) mass is 235 g/mol. The molecule has 2 nitrogen and oxygen atoms in total. The van der Waals surface area contributed by atoms with Gasteiger partial charge in [-0.2, -0.15) is 0 Å². The van der Waals surface area contributed by atoms with Gasteiger partial charge in [0.1, 0.15) is 5.75 Å². The molecular formula is C15H25NO. The van der Waals surface area contributed by atoms with Crippen LogP contribution < -0.4 is 5.73 Å². The first-order chi connectivity index (χ1) is 7.99. The first-order valence-electron chi connectivity index (χ1n) is 6.53. The highest BCUT2D eigenvalue weighted by atomic mass is 16.3. The number of rotatable bonds is 5. The van der Waals surface area contributed by atoms with E-state index in [-0.39, 0.29) is 0 Å². The number of benzene rings is 1. The van der Waals surface area contributed by atoms with Gasteiger partial charge in [-0.1, -0.05) is 39.8 Å². The van der Waals surface area contributed by atoms with Crippen LogP contribution in [0.3, 0.4) is 0 Å². The first-order valence-corrected chi connectivity index (χ1v) is 6.53. The van der Waals surface area contributed by atoms with E-state index in [0.717, 1.165) is 24.0 Å². The molecule has 0 aliphatic carbocycles. The van der Waals surface area contributed by atoms with Crippen LogP contribution in [0.5, 0.6) is 5.75 Å². The molecule has 0 aliphatic rings. The zero-order valence-electron chi connectivity index (χ0n) is 11.5. The second-order valence-electron chi connectivity index (χ2n) is 5.27. The molecule has 0 spiro atoms. The second-order valence-corrected chi connectivity index (χ2v) is 5.27. The van der Waals surface area contributed by atoms with Gasteiger partial charge >= 0.3 is 0 Å². The van der Waals surface area contributed by atoms with Gasteiger partial charge < -0.3 is 10.8 Å². The van der Waals surface area contributed by atoms with Gasteiger partial charge in [-0.25, -0.2) is 0 Å². The molecule has 0 saturated carbocycles. The van der Waals surface area contributed by atoms with E-state index >= 15 is 0 Å². The van der Waals surface area contributed by atoms with Crippen LogP contribution in [-0.2, 0) is 6.42 Å². The highest BCUT2D eigenvalue weighted by molar-refractivity contribution is 5.48. The summed E-state index contributed by atoms with van der Waals surface area (Å²) in [6.45, 7) is 9.21. The van der Waals surface area contributed by atoms with Crippen LogP contribution in [0.4, 0.5) is 0 Å². The Morgan fingerprint density at radius 1 is 1.06 bits per heavy atom. The summed E-state index contributed by atoms with van der Waals surface area (Å²) in [5.74, 6) is 1.28. The molecule has 1 aromatic rings. The molecule has 0 atom stereocenters. The molecule has 17 heavy (non-hydrogen) atoms. The van der Waals surface area contributed by atoms with Gasteiger partial charge in [0.15, 0.2) is 0 Å². The summed E-state index contributed by atoms with van der Waals surface area (Å²) in [4.78, 5) is 0. The van der Waals surface area contributed by atoms with E-state index in [1.54, 1.807) is 0 Å². The lowest BCUT2D eigenvalue weighted by atomic mass is 9.89. The SMILES string of the molecule is CC(C)c1ccc(C(C)C)c(CCCN)c1O. The van der Waals surface area contributed by atoms with E-state index in [9.17, 15) is 5.11 Å². The maximum atomic E-state index is 10.4. The summed E-state index contributed by atoms with van der Waals surface area (Å²) in [7, 11) is 0. The zero-order chi connectivity index (χ0) is 13.0. The Morgan fingerprint density at radius 2 is 1.59 bits per heavy atom. The Bertz CT molecular complexity index is 369. The van der Waals surface area contributed by atoms with Crippen molar-refractivity contribution in [3.05, 3.63) is 28.8 Å². The Morgan fingerprint density at radius 3 is 2.06 bits per heavy atom. The van der Waals surface area contributed by atoms with Gasteiger partial charge in [0.25, 0.3) is 0 Å². The molecule has 0 fully saturated rings. The van der Waals surface area contributed by atoms with E-state index < -0.39 is 0 Å². The maximum Gasteiger partial charge on any atom is 0.122 e. The zero-order valence-corrected chi connectivity index (χ0v) is 11.5. The van der Waals surface area contributed by atoms with E-state index in [2.05, 4.69) is 39.8 Å². The molecule has 3 N–H and O–H groups in total. The molecule has 2 heteroatoms. The Balaban J connectivity index is 3.21. The van der Waals surface area contributed by atoms with Crippen molar-refractivity contribution in [2.45, 2.75) is 52.4 Å². The van der Waals surface area contributed by atoms with E-state index in [1.807, 2.05) is 0 Å². The average Bonchev–Trinajstić information content (AvgIpc) is 2.26. The highest BCUT2D eigenvalue weighted by Gasteiger charge is 2.15. The minimum absolute atomic E-state index is 0.354. The molecule has 1 rings (SSSR count). The van der Waals surface area contributed by atoms with Gasteiger partial charge in [-0.15, -0.1) is 0 Å². The lowest BCUT2D eigenvalue weighted by molar-refractivity contribution is 0.455. The smallest absolute Gasteiger partial charge is 0.122 e. The number of nitrogens with two attached hydrogens (primary N) is 1. The molecule has 0 unspecified atom stereocenters. The van der Waals surface area contributed by atoms with Crippen molar-refractivity contribution in [2.24, 2.45) is 5.73 Å². The molecule has 0 heterocycles. The molecule has 96 valence electrons. The summed E-state index contributed by atoms with van der Waals surface area (Å²) in [6.07, 6.45) is 1.80. The molecule has 1 aromatic carbocycles. The minimum atomic E-state index is 0.354. The second kappa shape index (κ2) is 6.06. The molecule has 0 amide bonds. The lowest BCUT2D eigenvalue weighted by Gasteiger charge is -2.18. The van der Waals surface area contributed by atoms with Crippen molar-refractivity contribution in [1.29, 1.82) is 0 Å². The van der Waals surface area contributed by atoms with Crippen LogP contribution in [0, 0.1) is 0 Å². The van der Waals surface area contributed by atoms with Crippen molar-refractivity contribution >= 4 is 0 Å². The van der Waals surface area contributed by atoms with Gasteiger partial charge in [0.2, 0.25) is 0 Å². The number of aromatic hydroxyl groups is 1. The third-order valence-corrected chi connectivity index (χ3v) is 3.23. The van der Waals surface area contributed by atoms with Crippen LogP contribution in [0.15, 0.2) is 12.1 Å². The summed E-state index contributed by atoms with van der Waals surface area (Å²) in [5.41, 5.74) is 8.96. The maximum absolute atomic E-state index is 10.4. The minimum Gasteiger partial charge on any atom is -0.507 e. The fourth-order valence-corrected chi connectivity index (χ4v) is 2.22. The standard InChI is InChI=1S/C15H25NO/c1-10(2)12-7-8-13(11(3)4)15(17)14(12)6-5-9-16/h7-8,10-11,17H,5-6,9,16H2,1-4H3. The summed E-state index contributed by atoms with van der Waals surface area (Å²) < 4.78 is 0. The van der Waals surface area contributed by atoms with Crippen molar-refractivity contribution in [3.63, 3.8) is 0 Å². The third kappa shape index (κ3) is 3.22. The Hall–Kier alpha value is -1.02. The molecule has 0 aromatic heterocycles. The van der Waals surface area contributed by atoms with Gasteiger partial charge in [0, 0.05) is 0 Å². The van der Waals surface area contributed by atoms with Gasteiger partial charge in [-0.05, 0) is 47.9 Å². The summed E-state index contributed by atoms with van der Waals surface area (Å²) in [6, 6.07) is 4.22. The number of phenols is 1. The van der Waals surface area contributed by atoms with Gasteiger partial charge in [0.05, 0.1) is 0 Å². The highest BCUT2D eigenvalue weighted by Crippen LogP contribution is 2.35. The number of hydrogen-bond donors (Lipinski definition) is 2. The third-order valence-electron chi connectivity index (χ3n) is 3.23. The molecule has 0 aliphatic heterocycles. The number of phenolic OH excluding ortho intramolecular Hbond substituents is 1. The van der Waals surface area contributed by atoms with Crippen LogP contribution in [0.2, 0.25) is 0 Å². The van der Waals surface area contributed by atoms with Crippen LogP contribution in [0.1, 0.15) is 62.6 Å². The van der Waals surface area contributed by atoms with Crippen LogP contribution >= 0.6 is 0 Å². The normalized spacial score (nSPS) is 11.5. The van der Waals surface area contributed by atoms with Crippen LogP contribution in [-0.4, -0.2) is 11.7 Å². The van der Waals surface area contributed by atoms with Crippen molar-refractivity contribution in [1.82, 2.24) is 0 Å². The van der Waals surface area contributed by atoms with Crippen LogP contribution in [0.25, 0.3) is 0 Å². The molecule has 0 saturated heterocycles. The van der Waals surface area contributed by atoms with Crippen molar-refractivity contribution < 1.29 is 5.11 Å². The fourth-order valence-electron chi connectivity index (χ4n) is 2.22. The predicted octanol–water partition coefficient (Wildman–Crippen LogP) is 3.53. The molecule has 0 radical (unpaired) electrons. The van der Waals surface area contributed by atoms with E-state index in [1.165, 1.54) is 5.56 Å². The number of hydrogen-bond acceptors (Lipinski definition) is 2. The summed E-state index contributed by atoms with van der Waals surface area (Å²) >= 11 is 0. The average molecular weight is 235 g/mol. The predicted molar refractivity (Wildman–Crippen MR) is 73.7 cm³/mol. The quantitative estimate of drug-likeness (QED) is 0.820. The summed E-state index contributed by atoms with van der Waals surface area (Å²) in [5, 5.41) is 10.4. The van der Waals surface area contributed by atoms with Gasteiger partial charge in [-0.3, -0.25) is 0 Å². The topological polar surface area (TPSA) is 46.2 Å². The largest absolute Gasteiger partial charge is 0.507 e. The fraction of sp³-hybridized carbons (Fsp3) is 0.600. The molecule has 0 bridgehead atoms. The van der Waals surface area contributed by atoms with E-state index in [0.29, 0.717) is 24.1 Å². The Kier molecular flexibility index (Phi) is 5.01. The van der Waals surface area contributed by atoms with Crippen molar-refractivity contribution in [3.8, 4) is 5.75 Å². The van der Waals surface area contributed by atoms with Crippen molar-refractivity contribution in [2.75, 3.05) is 6.54 Å². The first kappa shape index (κ1) is 14.0. The Labute approximate surface area is 105 Å². The lowest BCUT2D eigenvalue weighted by Crippen LogP contribution is -2.05. The van der Waals surface area contributed by atoms with E-state index in [4.69, 9.17) is 5.73 Å². The molecular weight excluding hydrogens is 210 g/mol.